The van der Waals surface area contributed by atoms with Gasteiger partial charge in [-0.1, -0.05) is 40.9 Å². The summed E-state index contributed by atoms with van der Waals surface area (Å²) >= 11 is 19.1. The second kappa shape index (κ2) is 7.95. The Balaban J connectivity index is 1.78. The van der Waals surface area contributed by atoms with Crippen molar-refractivity contribution in [3.63, 3.8) is 0 Å². The van der Waals surface area contributed by atoms with E-state index in [9.17, 15) is 4.79 Å². The van der Waals surface area contributed by atoms with E-state index >= 15 is 0 Å². The SMILES string of the molecule is O=C(CSCc1ccc(Cl)c(Cl)c1)Nc1ccc(Cl)cc1. The minimum atomic E-state index is -0.0533. The molecule has 110 valence electrons. The average molecular weight is 361 g/mol. The Bertz CT molecular complexity index is 631. The molecular formula is C15H12Cl3NOS. The van der Waals surface area contributed by atoms with Crippen LogP contribution in [0.5, 0.6) is 0 Å². The van der Waals surface area contributed by atoms with Crippen molar-refractivity contribution in [3.8, 4) is 0 Å². The van der Waals surface area contributed by atoms with Crippen LogP contribution in [0.25, 0.3) is 0 Å². The Kier molecular flexibility index (Phi) is 6.24. The van der Waals surface area contributed by atoms with Gasteiger partial charge in [0.15, 0.2) is 0 Å². The number of benzene rings is 2. The fraction of sp³-hybridized carbons (Fsp3) is 0.133. The Hall–Kier alpha value is -0.870. The Morgan fingerprint density at radius 1 is 1.00 bits per heavy atom. The highest BCUT2D eigenvalue weighted by Crippen LogP contribution is 2.24. The Morgan fingerprint density at radius 2 is 1.71 bits per heavy atom. The van der Waals surface area contributed by atoms with Crippen LogP contribution in [0.4, 0.5) is 5.69 Å². The molecule has 21 heavy (non-hydrogen) atoms. The summed E-state index contributed by atoms with van der Waals surface area (Å²) in [7, 11) is 0. The number of halogens is 3. The number of rotatable bonds is 5. The number of hydrogen-bond donors (Lipinski definition) is 1. The maximum absolute atomic E-state index is 11.8. The standard InChI is InChI=1S/C15H12Cl3NOS/c16-11-2-4-12(5-3-11)19-15(20)9-21-8-10-1-6-13(17)14(18)7-10/h1-7H,8-9H2,(H,19,20). The molecule has 0 aliphatic rings. The summed E-state index contributed by atoms with van der Waals surface area (Å²) in [6.07, 6.45) is 0. The lowest BCUT2D eigenvalue weighted by atomic mass is 10.2. The van der Waals surface area contributed by atoms with E-state index in [0.717, 1.165) is 11.3 Å². The van der Waals surface area contributed by atoms with Crippen LogP contribution in [0.2, 0.25) is 15.1 Å². The second-order valence-electron chi connectivity index (χ2n) is 4.30. The third-order valence-electron chi connectivity index (χ3n) is 2.61. The lowest BCUT2D eigenvalue weighted by Crippen LogP contribution is -2.14. The molecule has 0 unspecified atom stereocenters. The number of anilines is 1. The molecule has 0 heterocycles. The molecule has 0 saturated heterocycles. The molecule has 0 fully saturated rings. The van der Waals surface area contributed by atoms with Gasteiger partial charge in [0.25, 0.3) is 0 Å². The summed E-state index contributed by atoms with van der Waals surface area (Å²) in [5.41, 5.74) is 1.77. The molecule has 2 aromatic rings. The van der Waals surface area contributed by atoms with E-state index in [-0.39, 0.29) is 5.91 Å². The highest BCUT2D eigenvalue weighted by molar-refractivity contribution is 7.99. The van der Waals surface area contributed by atoms with Crippen LogP contribution in [0.15, 0.2) is 42.5 Å². The summed E-state index contributed by atoms with van der Waals surface area (Å²) < 4.78 is 0. The minimum absolute atomic E-state index is 0.0533. The van der Waals surface area contributed by atoms with Gasteiger partial charge in [0.1, 0.15) is 0 Å². The average Bonchev–Trinajstić information content (AvgIpc) is 2.45. The lowest BCUT2D eigenvalue weighted by Gasteiger charge is -2.06. The number of amides is 1. The van der Waals surface area contributed by atoms with E-state index in [1.54, 1.807) is 30.3 Å². The van der Waals surface area contributed by atoms with Crippen LogP contribution in [0.1, 0.15) is 5.56 Å². The molecule has 1 amide bonds. The smallest absolute Gasteiger partial charge is 0.234 e. The van der Waals surface area contributed by atoms with Crippen molar-refractivity contribution in [3.05, 3.63) is 63.1 Å². The van der Waals surface area contributed by atoms with Gasteiger partial charge in [-0.15, -0.1) is 11.8 Å². The van der Waals surface area contributed by atoms with Gasteiger partial charge in [-0.2, -0.15) is 0 Å². The topological polar surface area (TPSA) is 29.1 Å². The molecule has 2 rings (SSSR count). The largest absolute Gasteiger partial charge is 0.325 e. The maximum atomic E-state index is 11.8. The molecule has 6 heteroatoms. The van der Waals surface area contributed by atoms with Crippen LogP contribution >= 0.6 is 46.6 Å². The van der Waals surface area contributed by atoms with E-state index in [4.69, 9.17) is 34.8 Å². The summed E-state index contributed by atoms with van der Waals surface area (Å²) in [6.45, 7) is 0. The van der Waals surface area contributed by atoms with Crippen molar-refractivity contribution >= 4 is 58.2 Å². The van der Waals surface area contributed by atoms with Crippen molar-refractivity contribution in [2.75, 3.05) is 11.1 Å². The molecule has 0 spiro atoms. The Morgan fingerprint density at radius 3 is 2.38 bits per heavy atom. The molecular weight excluding hydrogens is 349 g/mol. The zero-order chi connectivity index (χ0) is 15.2. The first kappa shape index (κ1) is 16.5. The first-order valence-corrected chi connectivity index (χ1v) is 8.40. The monoisotopic (exact) mass is 359 g/mol. The number of nitrogens with one attached hydrogen (secondary N) is 1. The molecule has 0 aliphatic carbocycles. The van der Waals surface area contributed by atoms with Gasteiger partial charge < -0.3 is 5.32 Å². The van der Waals surface area contributed by atoms with Gasteiger partial charge in [-0.25, -0.2) is 0 Å². The van der Waals surface area contributed by atoms with Gasteiger partial charge in [-0.3, -0.25) is 4.79 Å². The lowest BCUT2D eigenvalue weighted by molar-refractivity contribution is -0.113. The predicted octanol–water partition coefficient (Wildman–Crippen LogP) is 5.52. The van der Waals surface area contributed by atoms with Gasteiger partial charge in [0.2, 0.25) is 5.91 Å². The summed E-state index contributed by atoms with van der Waals surface area (Å²) in [4.78, 5) is 11.8. The van der Waals surface area contributed by atoms with Crippen LogP contribution in [-0.4, -0.2) is 11.7 Å². The van der Waals surface area contributed by atoms with E-state index < -0.39 is 0 Å². The number of hydrogen-bond acceptors (Lipinski definition) is 2. The van der Waals surface area contributed by atoms with Crippen molar-refractivity contribution in [1.29, 1.82) is 0 Å². The highest BCUT2D eigenvalue weighted by Gasteiger charge is 2.04. The van der Waals surface area contributed by atoms with E-state index in [0.29, 0.717) is 26.6 Å². The molecule has 2 nitrogen and oxygen atoms in total. The van der Waals surface area contributed by atoms with Gasteiger partial charge in [-0.05, 0) is 42.0 Å². The van der Waals surface area contributed by atoms with E-state index in [1.807, 2.05) is 12.1 Å². The van der Waals surface area contributed by atoms with E-state index in [2.05, 4.69) is 5.32 Å². The molecule has 2 aromatic carbocycles. The van der Waals surface area contributed by atoms with Crippen molar-refractivity contribution in [2.45, 2.75) is 5.75 Å². The predicted molar refractivity (Wildman–Crippen MR) is 92.7 cm³/mol. The first-order valence-electron chi connectivity index (χ1n) is 6.11. The third kappa shape index (κ3) is 5.44. The first-order chi connectivity index (χ1) is 10.0. The molecule has 0 bridgehead atoms. The summed E-state index contributed by atoms with van der Waals surface area (Å²) in [5, 5.41) is 4.51. The second-order valence-corrected chi connectivity index (χ2v) is 6.53. The fourth-order valence-corrected chi connectivity index (χ4v) is 2.84. The van der Waals surface area contributed by atoms with Crippen LogP contribution in [0, 0.1) is 0 Å². The normalized spacial score (nSPS) is 10.4. The molecule has 0 atom stereocenters. The highest BCUT2D eigenvalue weighted by atomic mass is 35.5. The van der Waals surface area contributed by atoms with E-state index in [1.165, 1.54) is 11.8 Å². The fourth-order valence-electron chi connectivity index (χ4n) is 1.62. The third-order valence-corrected chi connectivity index (χ3v) is 4.61. The maximum Gasteiger partial charge on any atom is 0.234 e. The number of carbonyl (C=O) groups is 1. The quantitative estimate of drug-likeness (QED) is 0.760. The van der Waals surface area contributed by atoms with Gasteiger partial charge in [0.05, 0.1) is 15.8 Å². The number of carbonyl (C=O) groups excluding carboxylic acids is 1. The van der Waals surface area contributed by atoms with Gasteiger partial charge >= 0.3 is 0 Å². The molecule has 0 saturated carbocycles. The van der Waals surface area contributed by atoms with Crippen LogP contribution < -0.4 is 5.32 Å². The molecule has 0 aromatic heterocycles. The van der Waals surface area contributed by atoms with Crippen molar-refractivity contribution in [2.24, 2.45) is 0 Å². The van der Waals surface area contributed by atoms with Crippen molar-refractivity contribution < 1.29 is 4.79 Å². The molecule has 0 aliphatic heterocycles. The summed E-state index contributed by atoms with van der Waals surface area (Å²) in [6, 6.07) is 12.5. The zero-order valence-corrected chi connectivity index (χ0v) is 14.0. The van der Waals surface area contributed by atoms with Gasteiger partial charge in [0, 0.05) is 16.5 Å². The number of thioether (sulfide) groups is 1. The van der Waals surface area contributed by atoms with Crippen LogP contribution in [0.3, 0.4) is 0 Å². The zero-order valence-electron chi connectivity index (χ0n) is 10.9. The summed E-state index contributed by atoms with van der Waals surface area (Å²) in [5.74, 6) is 1.01. The molecule has 1 N–H and O–H groups in total. The van der Waals surface area contributed by atoms with Crippen molar-refractivity contribution in [1.82, 2.24) is 0 Å². The Labute approximate surface area is 142 Å². The minimum Gasteiger partial charge on any atom is -0.325 e. The molecule has 0 radical (unpaired) electrons. The van der Waals surface area contributed by atoms with Crippen LogP contribution in [-0.2, 0) is 10.5 Å².